The molecule has 0 fully saturated rings. The summed E-state index contributed by atoms with van der Waals surface area (Å²) in [6.07, 6.45) is 20.1. The van der Waals surface area contributed by atoms with Gasteiger partial charge in [0.25, 0.3) is 0 Å². The lowest BCUT2D eigenvalue weighted by atomic mass is 10.1. The van der Waals surface area contributed by atoms with Gasteiger partial charge in [0.2, 0.25) is 0 Å². The Morgan fingerprint density at radius 1 is 0.750 bits per heavy atom. The lowest BCUT2D eigenvalue weighted by molar-refractivity contribution is 0.342. The normalized spacial score (nSPS) is 11.9. The van der Waals surface area contributed by atoms with Crippen molar-refractivity contribution in [3.05, 3.63) is 24.3 Å². The molecule has 0 rings (SSSR count). The van der Waals surface area contributed by atoms with Gasteiger partial charge in [0.1, 0.15) is 0 Å². The minimum Gasteiger partial charge on any atom is -0.392 e. The third-order valence-electron chi connectivity index (χ3n) is 2.69. The van der Waals surface area contributed by atoms with E-state index < -0.39 is 0 Å². The van der Waals surface area contributed by atoms with Crippen LogP contribution in [-0.2, 0) is 0 Å². The Morgan fingerprint density at radius 2 is 1.38 bits per heavy atom. The molecule has 1 N–H and O–H groups in total. The van der Waals surface area contributed by atoms with Gasteiger partial charge in [-0.05, 0) is 19.3 Å². The molecule has 0 aliphatic rings. The van der Waals surface area contributed by atoms with E-state index >= 15 is 0 Å². The molecular formula is C15H28O. The standard InChI is InChI=1S/C15H28O/c1-2-3-4-5-6-7-8-9-10-11-12-13-14-15-16/h10-11,13-14,16H,2-9,12,15H2,1H3/b11-10-,14-13-. The number of hydrogen-bond donors (Lipinski definition) is 1. The fraction of sp³-hybridized carbons (Fsp3) is 0.733. The van der Waals surface area contributed by atoms with Crippen LogP contribution in [0.4, 0.5) is 0 Å². The first-order chi connectivity index (χ1) is 7.91. The van der Waals surface area contributed by atoms with E-state index in [-0.39, 0.29) is 6.61 Å². The van der Waals surface area contributed by atoms with Crippen LogP contribution in [0.3, 0.4) is 0 Å². The number of unbranched alkanes of at least 4 members (excludes halogenated alkanes) is 7. The summed E-state index contributed by atoms with van der Waals surface area (Å²) >= 11 is 0. The molecule has 0 amide bonds. The number of aliphatic hydroxyl groups is 1. The Balaban J connectivity index is 3.05. The van der Waals surface area contributed by atoms with Crippen LogP contribution in [0, 0.1) is 0 Å². The van der Waals surface area contributed by atoms with Crippen molar-refractivity contribution in [1.82, 2.24) is 0 Å². The number of allylic oxidation sites excluding steroid dienone is 3. The maximum Gasteiger partial charge on any atom is 0.0612 e. The second-order valence-electron chi connectivity index (χ2n) is 4.27. The van der Waals surface area contributed by atoms with Crippen LogP contribution in [-0.4, -0.2) is 11.7 Å². The van der Waals surface area contributed by atoms with Crippen LogP contribution in [0.5, 0.6) is 0 Å². The van der Waals surface area contributed by atoms with Gasteiger partial charge in [-0.1, -0.05) is 69.8 Å². The monoisotopic (exact) mass is 224 g/mol. The zero-order chi connectivity index (χ0) is 11.9. The molecule has 0 radical (unpaired) electrons. The van der Waals surface area contributed by atoms with Crippen LogP contribution >= 0.6 is 0 Å². The highest BCUT2D eigenvalue weighted by Crippen LogP contribution is 2.08. The molecule has 0 heterocycles. The third kappa shape index (κ3) is 13.4. The minimum atomic E-state index is 0.158. The van der Waals surface area contributed by atoms with Crippen LogP contribution < -0.4 is 0 Å². The fourth-order valence-electron chi connectivity index (χ4n) is 1.68. The van der Waals surface area contributed by atoms with Crippen molar-refractivity contribution in [1.29, 1.82) is 0 Å². The van der Waals surface area contributed by atoms with Crippen LogP contribution in [0.25, 0.3) is 0 Å². The smallest absolute Gasteiger partial charge is 0.0612 e. The topological polar surface area (TPSA) is 20.2 Å². The maximum absolute atomic E-state index is 8.52. The Bertz CT molecular complexity index is 170. The average Bonchev–Trinajstić information content (AvgIpc) is 2.31. The van der Waals surface area contributed by atoms with Crippen molar-refractivity contribution in [3.63, 3.8) is 0 Å². The summed E-state index contributed by atoms with van der Waals surface area (Å²) in [6, 6.07) is 0. The van der Waals surface area contributed by atoms with E-state index in [0.717, 1.165) is 6.42 Å². The van der Waals surface area contributed by atoms with Crippen molar-refractivity contribution in [3.8, 4) is 0 Å². The van der Waals surface area contributed by atoms with Crippen molar-refractivity contribution in [2.24, 2.45) is 0 Å². The van der Waals surface area contributed by atoms with Gasteiger partial charge >= 0.3 is 0 Å². The van der Waals surface area contributed by atoms with Gasteiger partial charge in [0, 0.05) is 0 Å². The molecule has 0 bridgehead atoms. The van der Waals surface area contributed by atoms with Gasteiger partial charge in [-0.25, -0.2) is 0 Å². The Hall–Kier alpha value is -0.560. The highest BCUT2D eigenvalue weighted by Gasteiger charge is 1.88. The van der Waals surface area contributed by atoms with Gasteiger partial charge < -0.3 is 5.11 Å². The van der Waals surface area contributed by atoms with Crippen LogP contribution in [0.15, 0.2) is 24.3 Å². The molecule has 94 valence electrons. The van der Waals surface area contributed by atoms with Crippen molar-refractivity contribution in [2.75, 3.05) is 6.61 Å². The molecule has 16 heavy (non-hydrogen) atoms. The van der Waals surface area contributed by atoms with E-state index in [9.17, 15) is 0 Å². The van der Waals surface area contributed by atoms with Crippen molar-refractivity contribution < 1.29 is 5.11 Å². The summed E-state index contributed by atoms with van der Waals surface area (Å²) in [6.45, 7) is 2.42. The van der Waals surface area contributed by atoms with E-state index in [1.807, 2.05) is 6.08 Å². The van der Waals surface area contributed by atoms with Crippen molar-refractivity contribution in [2.45, 2.75) is 64.7 Å². The molecule has 0 atom stereocenters. The van der Waals surface area contributed by atoms with Gasteiger partial charge in [-0.15, -0.1) is 0 Å². The van der Waals surface area contributed by atoms with E-state index in [0.29, 0.717) is 0 Å². The fourth-order valence-corrected chi connectivity index (χ4v) is 1.68. The predicted octanol–water partition coefficient (Wildman–Crippen LogP) is 4.62. The van der Waals surface area contributed by atoms with E-state index in [2.05, 4.69) is 19.1 Å². The molecule has 1 nitrogen and oxygen atoms in total. The molecule has 0 saturated heterocycles. The van der Waals surface area contributed by atoms with Crippen molar-refractivity contribution >= 4 is 0 Å². The van der Waals surface area contributed by atoms with Gasteiger partial charge in [-0.2, -0.15) is 0 Å². The highest BCUT2D eigenvalue weighted by atomic mass is 16.2. The molecular weight excluding hydrogens is 196 g/mol. The van der Waals surface area contributed by atoms with E-state index in [1.165, 1.54) is 51.4 Å². The largest absolute Gasteiger partial charge is 0.392 e. The minimum absolute atomic E-state index is 0.158. The summed E-state index contributed by atoms with van der Waals surface area (Å²) in [4.78, 5) is 0. The Kier molecular flexibility index (Phi) is 13.9. The van der Waals surface area contributed by atoms with Crippen LogP contribution in [0.2, 0.25) is 0 Å². The van der Waals surface area contributed by atoms with Gasteiger partial charge in [0.05, 0.1) is 6.61 Å². The number of aliphatic hydroxyl groups excluding tert-OH is 1. The molecule has 0 aliphatic heterocycles. The molecule has 0 aromatic carbocycles. The van der Waals surface area contributed by atoms with Gasteiger partial charge in [0.15, 0.2) is 0 Å². The number of hydrogen-bond acceptors (Lipinski definition) is 1. The van der Waals surface area contributed by atoms with E-state index in [1.54, 1.807) is 6.08 Å². The first-order valence-electron chi connectivity index (χ1n) is 6.82. The second kappa shape index (κ2) is 14.4. The van der Waals surface area contributed by atoms with E-state index in [4.69, 9.17) is 5.11 Å². The zero-order valence-electron chi connectivity index (χ0n) is 10.8. The SMILES string of the molecule is CCCCCCCCC/C=C\C/C=C\CO. The maximum atomic E-state index is 8.52. The summed E-state index contributed by atoms with van der Waals surface area (Å²) in [5.41, 5.74) is 0. The molecule has 0 unspecified atom stereocenters. The lowest BCUT2D eigenvalue weighted by Crippen LogP contribution is -1.78. The molecule has 0 aromatic heterocycles. The number of rotatable bonds is 11. The summed E-state index contributed by atoms with van der Waals surface area (Å²) in [7, 11) is 0. The summed E-state index contributed by atoms with van der Waals surface area (Å²) < 4.78 is 0. The predicted molar refractivity (Wildman–Crippen MR) is 72.6 cm³/mol. The second-order valence-corrected chi connectivity index (χ2v) is 4.27. The average molecular weight is 224 g/mol. The highest BCUT2D eigenvalue weighted by molar-refractivity contribution is 4.92. The Labute approximate surface area is 101 Å². The Morgan fingerprint density at radius 3 is 2.06 bits per heavy atom. The molecule has 0 saturated carbocycles. The van der Waals surface area contributed by atoms with Crippen LogP contribution in [0.1, 0.15) is 64.7 Å². The first kappa shape index (κ1) is 15.4. The quantitative estimate of drug-likeness (QED) is 0.401. The summed E-state index contributed by atoms with van der Waals surface area (Å²) in [5, 5.41) is 8.52. The summed E-state index contributed by atoms with van der Waals surface area (Å²) in [5.74, 6) is 0. The third-order valence-corrected chi connectivity index (χ3v) is 2.69. The zero-order valence-corrected chi connectivity index (χ0v) is 10.8. The molecule has 0 aromatic rings. The molecule has 0 aliphatic carbocycles. The first-order valence-corrected chi connectivity index (χ1v) is 6.82. The lowest BCUT2D eigenvalue weighted by Gasteiger charge is -1.98. The molecule has 0 spiro atoms. The van der Waals surface area contributed by atoms with Gasteiger partial charge in [-0.3, -0.25) is 0 Å². The molecule has 1 heteroatoms.